The van der Waals surface area contributed by atoms with E-state index in [9.17, 15) is 13.7 Å². The molecule has 0 saturated carbocycles. The standard InChI is InChI=1S/C19H19NO4S/c1-14(2)24-18-10-9-15(12-19(18)23-3)11-17(13-20)25(21,22)16-7-5-4-6-8-16/h4-12,14H,1-3H3/b17-11-. The largest absolute Gasteiger partial charge is 0.493 e. The molecule has 2 rings (SSSR count). The molecule has 2 aromatic rings. The molecule has 0 fully saturated rings. The highest BCUT2D eigenvalue weighted by Gasteiger charge is 2.20. The number of rotatable bonds is 6. The van der Waals surface area contributed by atoms with Crippen molar-refractivity contribution in [3.8, 4) is 17.6 Å². The van der Waals surface area contributed by atoms with Crippen LogP contribution in [0.5, 0.6) is 11.5 Å². The number of methoxy groups -OCH3 is 1. The summed E-state index contributed by atoms with van der Waals surface area (Å²) in [6.07, 6.45) is 1.30. The normalized spacial score (nSPS) is 11.9. The molecule has 0 radical (unpaired) electrons. The molecule has 0 spiro atoms. The van der Waals surface area contributed by atoms with Gasteiger partial charge in [0.05, 0.1) is 18.1 Å². The first-order valence-corrected chi connectivity index (χ1v) is 9.13. The van der Waals surface area contributed by atoms with Crippen LogP contribution >= 0.6 is 0 Å². The summed E-state index contributed by atoms with van der Waals surface area (Å²) in [5.74, 6) is 1.02. The van der Waals surface area contributed by atoms with Crippen LogP contribution in [0.15, 0.2) is 58.3 Å². The van der Waals surface area contributed by atoms with E-state index in [1.807, 2.05) is 13.8 Å². The summed E-state index contributed by atoms with van der Waals surface area (Å²) in [7, 11) is -2.37. The van der Waals surface area contributed by atoms with Crippen LogP contribution in [0.2, 0.25) is 0 Å². The van der Waals surface area contributed by atoms with Crippen LogP contribution in [0.3, 0.4) is 0 Å². The van der Waals surface area contributed by atoms with Crippen LogP contribution in [-0.2, 0) is 9.84 Å². The highest BCUT2D eigenvalue weighted by Crippen LogP contribution is 2.30. The summed E-state index contributed by atoms with van der Waals surface area (Å²) in [6, 6.07) is 14.6. The van der Waals surface area contributed by atoms with Crippen molar-refractivity contribution in [3.05, 3.63) is 59.0 Å². The summed E-state index contributed by atoms with van der Waals surface area (Å²) in [5.41, 5.74) is 0.531. The number of ether oxygens (including phenoxy) is 2. The van der Waals surface area contributed by atoms with Gasteiger partial charge in [0.1, 0.15) is 11.0 Å². The summed E-state index contributed by atoms with van der Waals surface area (Å²) < 4.78 is 36.1. The molecule has 0 aliphatic rings. The Morgan fingerprint density at radius 3 is 2.36 bits per heavy atom. The van der Waals surface area contributed by atoms with Crippen molar-refractivity contribution in [1.82, 2.24) is 0 Å². The van der Waals surface area contributed by atoms with Gasteiger partial charge in [0.2, 0.25) is 9.84 Å². The maximum Gasteiger partial charge on any atom is 0.216 e. The molecule has 130 valence electrons. The molecule has 0 N–H and O–H groups in total. The van der Waals surface area contributed by atoms with Crippen molar-refractivity contribution in [2.24, 2.45) is 0 Å². The molecule has 25 heavy (non-hydrogen) atoms. The van der Waals surface area contributed by atoms with Gasteiger partial charge in [-0.05, 0) is 49.8 Å². The Morgan fingerprint density at radius 1 is 1.12 bits per heavy atom. The number of hydrogen-bond acceptors (Lipinski definition) is 5. The molecule has 0 saturated heterocycles. The van der Waals surface area contributed by atoms with Gasteiger partial charge in [0, 0.05) is 0 Å². The highest BCUT2D eigenvalue weighted by molar-refractivity contribution is 7.95. The lowest BCUT2D eigenvalue weighted by atomic mass is 10.2. The van der Waals surface area contributed by atoms with Crippen molar-refractivity contribution in [2.45, 2.75) is 24.8 Å². The molecule has 0 amide bonds. The molecular weight excluding hydrogens is 338 g/mol. The lowest BCUT2D eigenvalue weighted by molar-refractivity contribution is 0.230. The van der Waals surface area contributed by atoms with E-state index in [1.54, 1.807) is 42.5 Å². The Bertz CT molecular complexity index is 910. The predicted octanol–water partition coefficient (Wildman–Crippen LogP) is 3.82. The quantitative estimate of drug-likeness (QED) is 0.735. The fourth-order valence-electron chi connectivity index (χ4n) is 2.17. The van der Waals surface area contributed by atoms with E-state index in [-0.39, 0.29) is 15.9 Å². The lowest BCUT2D eigenvalue weighted by Gasteiger charge is -2.14. The van der Waals surface area contributed by atoms with Crippen LogP contribution < -0.4 is 9.47 Å². The molecule has 0 bridgehead atoms. The van der Waals surface area contributed by atoms with Crippen LogP contribution in [0, 0.1) is 11.3 Å². The van der Waals surface area contributed by atoms with E-state index in [0.717, 1.165) is 0 Å². The Hall–Kier alpha value is -2.78. The summed E-state index contributed by atoms with van der Waals surface area (Å²) in [4.78, 5) is -0.257. The Morgan fingerprint density at radius 2 is 1.80 bits per heavy atom. The molecule has 0 aromatic heterocycles. The third-order valence-corrected chi connectivity index (χ3v) is 4.98. The number of nitriles is 1. The number of benzene rings is 2. The van der Waals surface area contributed by atoms with Crippen molar-refractivity contribution >= 4 is 15.9 Å². The van der Waals surface area contributed by atoms with Crippen LogP contribution in [0.1, 0.15) is 19.4 Å². The Labute approximate surface area is 148 Å². The molecule has 6 heteroatoms. The summed E-state index contributed by atoms with van der Waals surface area (Å²) >= 11 is 0. The Kier molecular flexibility index (Phi) is 5.84. The number of sulfone groups is 1. The average Bonchev–Trinajstić information content (AvgIpc) is 2.60. The smallest absolute Gasteiger partial charge is 0.216 e. The first-order chi connectivity index (χ1) is 11.9. The van der Waals surface area contributed by atoms with E-state index in [0.29, 0.717) is 17.1 Å². The third kappa shape index (κ3) is 4.40. The van der Waals surface area contributed by atoms with Gasteiger partial charge in [-0.15, -0.1) is 0 Å². The molecule has 0 aliphatic carbocycles. The van der Waals surface area contributed by atoms with E-state index in [1.165, 1.54) is 25.3 Å². The lowest BCUT2D eigenvalue weighted by Crippen LogP contribution is -2.06. The maximum atomic E-state index is 12.6. The second-order valence-electron chi connectivity index (χ2n) is 5.51. The topological polar surface area (TPSA) is 76.4 Å². The van der Waals surface area contributed by atoms with Gasteiger partial charge in [-0.1, -0.05) is 24.3 Å². The van der Waals surface area contributed by atoms with E-state index in [2.05, 4.69) is 0 Å². The molecule has 0 heterocycles. The minimum atomic E-state index is -3.87. The Balaban J connectivity index is 2.45. The third-order valence-electron chi connectivity index (χ3n) is 3.30. The second-order valence-corrected chi connectivity index (χ2v) is 7.43. The first-order valence-electron chi connectivity index (χ1n) is 7.65. The summed E-state index contributed by atoms with van der Waals surface area (Å²) in [5, 5.41) is 9.33. The fourth-order valence-corrected chi connectivity index (χ4v) is 3.35. The van der Waals surface area contributed by atoms with Gasteiger partial charge in [-0.2, -0.15) is 5.26 Å². The fraction of sp³-hybridized carbons (Fsp3) is 0.211. The maximum absolute atomic E-state index is 12.6. The second kappa shape index (κ2) is 7.86. The van der Waals surface area contributed by atoms with Crippen molar-refractivity contribution in [2.75, 3.05) is 7.11 Å². The first kappa shape index (κ1) is 18.6. The minimum absolute atomic E-state index is 0.0246. The molecule has 2 aromatic carbocycles. The molecule has 5 nitrogen and oxygen atoms in total. The van der Waals surface area contributed by atoms with E-state index < -0.39 is 9.84 Å². The predicted molar refractivity (Wildman–Crippen MR) is 96.0 cm³/mol. The van der Waals surface area contributed by atoms with Gasteiger partial charge in [-0.3, -0.25) is 0 Å². The zero-order valence-electron chi connectivity index (χ0n) is 14.3. The molecular formula is C19H19NO4S. The average molecular weight is 357 g/mol. The SMILES string of the molecule is COc1cc(/C=C(/C#N)S(=O)(=O)c2ccccc2)ccc1OC(C)C. The van der Waals surface area contributed by atoms with Crippen molar-refractivity contribution < 1.29 is 17.9 Å². The monoisotopic (exact) mass is 357 g/mol. The zero-order chi connectivity index (χ0) is 18.4. The van der Waals surface area contributed by atoms with Crippen molar-refractivity contribution in [1.29, 1.82) is 5.26 Å². The molecule has 0 unspecified atom stereocenters. The number of nitrogens with zero attached hydrogens (tertiary/aromatic N) is 1. The van der Waals surface area contributed by atoms with Gasteiger partial charge in [-0.25, -0.2) is 8.42 Å². The van der Waals surface area contributed by atoms with Gasteiger partial charge in [0.25, 0.3) is 0 Å². The van der Waals surface area contributed by atoms with Crippen LogP contribution in [0.25, 0.3) is 6.08 Å². The van der Waals surface area contributed by atoms with E-state index in [4.69, 9.17) is 9.47 Å². The zero-order valence-corrected chi connectivity index (χ0v) is 15.1. The van der Waals surface area contributed by atoms with Gasteiger partial charge < -0.3 is 9.47 Å². The molecule has 0 aliphatic heterocycles. The van der Waals surface area contributed by atoms with Gasteiger partial charge in [0.15, 0.2) is 11.5 Å². The van der Waals surface area contributed by atoms with Crippen molar-refractivity contribution in [3.63, 3.8) is 0 Å². The van der Waals surface area contributed by atoms with Crippen LogP contribution in [-0.4, -0.2) is 21.6 Å². The number of allylic oxidation sites excluding steroid dienone is 1. The van der Waals surface area contributed by atoms with Gasteiger partial charge >= 0.3 is 0 Å². The van der Waals surface area contributed by atoms with E-state index >= 15 is 0 Å². The van der Waals surface area contributed by atoms with Crippen LogP contribution in [0.4, 0.5) is 0 Å². The number of hydrogen-bond donors (Lipinski definition) is 0. The highest BCUT2D eigenvalue weighted by atomic mass is 32.2. The molecule has 0 atom stereocenters. The minimum Gasteiger partial charge on any atom is -0.493 e. The summed E-state index contributed by atoms with van der Waals surface area (Å²) in [6.45, 7) is 3.79.